The van der Waals surface area contributed by atoms with E-state index in [0.29, 0.717) is 0 Å². The van der Waals surface area contributed by atoms with Crippen molar-refractivity contribution in [3.05, 3.63) is 29.8 Å². The fourth-order valence-corrected chi connectivity index (χ4v) is 3.60. The lowest BCUT2D eigenvalue weighted by Crippen LogP contribution is -2.51. The van der Waals surface area contributed by atoms with Crippen molar-refractivity contribution in [2.45, 2.75) is 18.5 Å². The van der Waals surface area contributed by atoms with E-state index in [-0.39, 0.29) is 44.8 Å². The number of aromatic nitrogens is 1. The van der Waals surface area contributed by atoms with E-state index in [4.69, 9.17) is 18.9 Å². The first kappa shape index (κ1) is 26.0. The third kappa shape index (κ3) is 4.19. The number of hydrogen-bond acceptors (Lipinski definition) is 6. The highest BCUT2D eigenvalue weighted by molar-refractivity contribution is 6.14. The molecule has 3 rings (SSSR count). The number of carbonyl (C=O) groups is 1. The van der Waals surface area contributed by atoms with Gasteiger partial charge in [-0.2, -0.15) is 22.1 Å². The summed E-state index contributed by atoms with van der Waals surface area (Å²) >= 11 is 0. The van der Waals surface area contributed by atoms with Gasteiger partial charge in [-0.05, 0) is 12.1 Å². The van der Waals surface area contributed by atoms with Crippen LogP contribution in [0, 0.1) is 0 Å². The van der Waals surface area contributed by atoms with Gasteiger partial charge in [-0.25, -0.2) is 13.6 Å². The highest BCUT2D eigenvalue weighted by Gasteiger charge is 2.67. The summed E-state index contributed by atoms with van der Waals surface area (Å²) in [5.41, 5.74) is -0.243. The Hall–Kier alpha value is -3.64. The number of carbonyl (C=O) groups excluding carboxylic acids is 1. The van der Waals surface area contributed by atoms with Crippen LogP contribution in [0.4, 0.5) is 26.3 Å². The molecule has 2 aromatic carbocycles. The van der Waals surface area contributed by atoms with E-state index in [1.807, 2.05) is 0 Å². The average molecular weight is 508 g/mol. The predicted octanol–water partition coefficient (Wildman–Crippen LogP) is 4.50. The van der Waals surface area contributed by atoms with Crippen LogP contribution in [0.1, 0.15) is 10.4 Å². The van der Waals surface area contributed by atoms with Gasteiger partial charge >= 0.3 is 24.4 Å². The Balaban J connectivity index is 2.47. The summed E-state index contributed by atoms with van der Waals surface area (Å²) in [4.78, 5) is 13.0. The molecule has 0 aliphatic rings. The van der Waals surface area contributed by atoms with Crippen molar-refractivity contribution in [2.24, 2.45) is 7.05 Å². The van der Waals surface area contributed by atoms with Crippen LogP contribution in [0.5, 0.6) is 23.0 Å². The van der Waals surface area contributed by atoms with Crippen molar-refractivity contribution >= 4 is 27.8 Å². The van der Waals surface area contributed by atoms with Crippen LogP contribution in [0.3, 0.4) is 0 Å². The van der Waals surface area contributed by atoms with Gasteiger partial charge in [-0.1, -0.05) is 0 Å². The minimum absolute atomic E-state index is 0.0602. The Labute approximate surface area is 194 Å². The van der Waals surface area contributed by atoms with Gasteiger partial charge in [0.15, 0.2) is 23.0 Å². The second-order valence-corrected chi connectivity index (χ2v) is 7.22. The molecule has 0 saturated carbocycles. The number of rotatable bonds is 7. The van der Waals surface area contributed by atoms with Crippen LogP contribution < -0.4 is 23.5 Å². The molecule has 1 unspecified atom stereocenters. The van der Waals surface area contributed by atoms with Gasteiger partial charge < -0.3 is 23.7 Å². The van der Waals surface area contributed by atoms with Gasteiger partial charge in [0.05, 0.1) is 56.9 Å². The second kappa shape index (κ2) is 9.19. The molecule has 0 saturated heterocycles. The number of benzene rings is 2. The summed E-state index contributed by atoms with van der Waals surface area (Å²) in [6.45, 7) is 0. The molecular formula is C22H20F6NO6+. The van der Waals surface area contributed by atoms with E-state index in [2.05, 4.69) is 4.74 Å². The number of esters is 1. The number of pyridine rings is 1. The number of alkyl halides is 6. The fourth-order valence-electron chi connectivity index (χ4n) is 3.60. The van der Waals surface area contributed by atoms with Crippen molar-refractivity contribution in [3.8, 4) is 23.0 Å². The van der Waals surface area contributed by atoms with Crippen molar-refractivity contribution < 1.29 is 59.4 Å². The number of aryl methyl sites for hydroxylation is 1. The maximum absolute atomic E-state index is 14.4. The number of ether oxygens (including phenoxy) is 5. The van der Waals surface area contributed by atoms with Crippen molar-refractivity contribution in [1.82, 2.24) is 0 Å². The quantitative estimate of drug-likeness (QED) is 0.203. The van der Waals surface area contributed by atoms with Crippen LogP contribution >= 0.6 is 0 Å². The SMILES string of the molecule is COc1cc2c(C(=O)OC(F)(C(F)F)C(F)(F)F)c3cc(OC)c(OC)cc3[n+](C)c2cc1OC. The first-order valence-corrected chi connectivity index (χ1v) is 9.75. The zero-order chi connectivity index (χ0) is 26.3. The van der Waals surface area contributed by atoms with Crippen LogP contribution in [0.25, 0.3) is 21.8 Å². The molecule has 13 heteroatoms. The molecule has 0 aliphatic heterocycles. The molecule has 0 N–H and O–H groups in total. The minimum atomic E-state index is -6.20. The highest BCUT2D eigenvalue weighted by Crippen LogP contribution is 2.43. The number of halogens is 6. The van der Waals surface area contributed by atoms with Gasteiger partial charge in [0, 0.05) is 0 Å². The van der Waals surface area contributed by atoms with Gasteiger partial charge in [0.2, 0.25) is 11.0 Å². The summed E-state index contributed by atoms with van der Waals surface area (Å²) in [7, 11) is 6.76. The third-order valence-corrected chi connectivity index (χ3v) is 5.38. The molecule has 0 fully saturated rings. The molecule has 0 spiro atoms. The Bertz CT molecular complexity index is 1220. The molecule has 1 heterocycles. The summed E-state index contributed by atoms with van der Waals surface area (Å²) in [5, 5.41) is -0.178. The van der Waals surface area contributed by atoms with Crippen molar-refractivity contribution in [2.75, 3.05) is 28.4 Å². The Morgan fingerprint density at radius 1 is 0.771 bits per heavy atom. The first-order valence-electron chi connectivity index (χ1n) is 9.75. The molecule has 0 aliphatic carbocycles. The second-order valence-electron chi connectivity index (χ2n) is 7.22. The predicted molar refractivity (Wildman–Crippen MR) is 110 cm³/mol. The van der Waals surface area contributed by atoms with Gasteiger partial charge in [0.1, 0.15) is 7.05 Å². The molecule has 1 aromatic heterocycles. The zero-order valence-corrected chi connectivity index (χ0v) is 19.1. The average Bonchev–Trinajstić information content (AvgIpc) is 2.81. The molecule has 0 amide bonds. The normalized spacial score (nSPS) is 13.6. The van der Waals surface area contributed by atoms with E-state index in [0.717, 1.165) is 0 Å². The first-order chi connectivity index (χ1) is 16.3. The van der Waals surface area contributed by atoms with E-state index in [9.17, 15) is 31.1 Å². The lowest BCUT2D eigenvalue weighted by atomic mass is 10.0. The van der Waals surface area contributed by atoms with Gasteiger partial charge in [0.25, 0.3) is 0 Å². The van der Waals surface area contributed by atoms with Crippen LogP contribution in [-0.4, -0.2) is 52.9 Å². The number of nitrogens with zero attached hydrogens (tertiary/aromatic N) is 1. The highest BCUT2D eigenvalue weighted by atomic mass is 19.4. The van der Waals surface area contributed by atoms with Crippen molar-refractivity contribution in [3.63, 3.8) is 0 Å². The largest absolute Gasteiger partial charge is 0.493 e. The summed E-state index contributed by atoms with van der Waals surface area (Å²) in [6.07, 6.45) is -10.9. The maximum Gasteiger partial charge on any atom is 0.466 e. The summed E-state index contributed by atoms with van der Waals surface area (Å²) in [5.74, 6) is -7.03. The lowest BCUT2D eigenvalue weighted by molar-refractivity contribution is -0.617. The van der Waals surface area contributed by atoms with E-state index in [1.54, 1.807) is 7.05 Å². The van der Waals surface area contributed by atoms with Crippen LogP contribution in [-0.2, 0) is 11.8 Å². The van der Waals surface area contributed by atoms with Crippen molar-refractivity contribution in [1.29, 1.82) is 0 Å². The topological polar surface area (TPSA) is 67.1 Å². The van der Waals surface area contributed by atoms with E-state index < -0.39 is 30.0 Å². The lowest BCUT2D eigenvalue weighted by Gasteiger charge is -2.26. The van der Waals surface area contributed by atoms with Gasteiger partial charge in [-0.15, -0.1) is 0 Å². The Morgan fingerprint density at radius 3 is 1.46 bits per heavy atom. The van der Waals surface area contributed by atoms with E-state index >= 15 is 0 Å². The smallest absolute Gasteiger partial charge is 0.466 e. The molecule has 1 atom stereocenters. The van der Waals surface area contributed by atoms with Gasteiger partial charge in [-0.3, -0.25) is 0 Å². The third-order valence-electron chi connectivity index (χ3n) is 5.38. The summed E-state index contributed by atoms with van der Waals surface area (Å²) in [6, 6.07) is 5.27. The molecule has 0 bridgehead atoms. The van der Waals surface area contributed by atoms with Crippen LogP contribution in [0.2, 0.25) is 0 Å². The molecule has 3 aromatic rings. The maximum atomic E-state index is 14.4. The number of hydrogen-bond donors (Lipinski definition) is 0. The standard InChI is InChI=1S/C22H20F6NO6/c1-29-12-8-16(33-4)14(31-2)6-10(12)18(11-7-15(32-3)17(34-5)9-13(11)29)19(30)35-21(25,20(23)24)22(26,27)28/h6-9,20H,1-5H3/q+1. The van der Waals surface area contributed by atoms with E-state index in [1.165, 1.54) is 57.3 Å². The van der Waals surface area contributed by atoms with Crippen LogP contribution in [0.15, 0.2) is 24.3 Å². The Kier molecular flexibility index (Phi) is 6.82. The number of methoxy groups -OCH3 is 4. The monoisotopic (exact) mass is 508 g/mol. The Morgan fingerprint density at radius 2 is 1.14 bits per heavy atom. The molecule has 0 radical (unpaired) electrons. The summed E-state index contributed by atoms with van der Waals surface area (Å²) < 4.78 is 106. The molecule has 7 nitrogen and oxygen atoms in total. The minimum Gasteiger partial charge on any atom is -0.493 e. The zero-order valence-electron chi connectivity index (χ0n) is 19.1. The molecular weight excluding hydrogens is 488 g/mol. The molecule has 35 heavy (non-hydrogen) atoms. The fraction of sp³-hybridized carbons (Fsp3) is 0.364. The number of fused-ring (bicyclic) bond motifs is 2. The molecule has 190 valence electrons.